The van der Waals surface area contributed by atoms with Crippen LogP contribution in [0.4, 0.5) is 14.6 Å². The van der Waals surface area contributed by atoms with Gasteiger partial charge in [0, 0.05) is 12.7 Å². The summed E-state index contributed by atoms with van der Waals surface area (Å²) in [5, 5.41) is 13.2. The third-order valence-electron chi connectivity index (χ3n) is 6.47. The van der Waals surface area contributed by atoms with Crippen LogP contribution in [0.5, 0.6) is 11.5 Å². The molecule has 1 aliphatic rings. The predicted molar refractivity (Wildman–Crippen MR) is 144 cm³/mol. The van der Waals surface area contributed by atoms with E-state index < -0.39 is 43.9 Å². The van der Waals surface area contributed by atoms with E-state index >= 15 is 8.78 Å². The number of benzene rings is 2. The molecule has 4 rings (SSSR count). The van der Waals surface area contributed by atoms with Gasteiger partial charge in [0.05, 0.1) is 20.8 Å². The lowest BCUT2D eigenvalue weighted by Gasteiger charge is -2.27. The smallest absolute Gasteiger partial charge is 0.406 e. The summed E-state index contributed by atoms with van der Waals surface area (Å²) < 4.78 is 72.3. The molecule has 0 radical (unpaired) electrons. The van der Waals surface area contributed by atoms with Gasteiger partial charge in [0.1, 0.15) is 23.9 Å². The standard InChI is InChI=1S/C26H31F2N4O8P/c1-25(27)22(33)26(28,40-23(25)32-13-12-21(29)31-24(32)34)16-39-41(35,30-14-17-4-8-19(36-2)9-5-17)38-15-18-6-10-20(37-3)11-7-18/h4-13,22-23,33H,14-16H2,1-3H3,(H,30,35)(H2,29,31,34)/t22-,23+,25+,26+,41?/m0/s1. The SMILES string of the molecule is COc1ccc(CNP(=O)(OCc2ccc(OC)cc2)OC[C@@]2(F)O[C@@H](n3ccc(N)nc3=O)[C@](C)(F)[C@@H]2O)cc1. The number of halogens is 2. The minimum absolute atomic E-state index is 0.0253. The van der Waals surface area contributed by atoms with Crippen LogP contribution < -0.4 is 26.0 Å². The van der Waals surface area contributed by atoms with Crippen molar-refractivity contribution >= 4 is 13.6 Å². The van der Waals surface area contributed by atoms with Crippen LogP contribution in [0.25, 0.3) is 0 Å². The molecule has 5 atom stereocenters. The van der Waals surface area contributed by atoms with Crippen molar-refractivity contribution < 1.29 is 41.7 Å². The Bertz CT molecular complexity index is 1390. The van der Waals surface area contributed by atoms with Gasteiger partial charge in [0.15, 0.2) is 18.0 Å². The largest absolute Gasteiger partial charge is 0.497 e. The number of alkyl halides is 2. The second kappa shape index (κ2) is 12.2. The van der Waals surface area contributed by atoms with Crippen molar-refractivity contribution in [1.29, 1.82) is 0 Å². The van der Waals surface area contributed by atoms with E-state index in [1.807, 2.05) is 0 Å². The quantitative estimate of drug-likeness (QED) is 0.264. The molecule has 1 saturated heterocycles. The molecular weight excluding hydrogens is 565 g/mol. The van der Waals surface area contributed by atoms with Gasteiger partial charge in [-0.3, -0.25) is 13.6 Å². The number of rotatable bonds is 12. The molecule has 0 spiro atoms. The zero-order valence-corrected chi connectivity index (χ0v) is 23.4. The van der Waals surface area contributed by atoms with Crippen LogP contribution in [0, 0.1) is 0 Å². The molecule has 3 aromatic rings. The number of nitrogens with zero attached hydrogens (tertiary/aromatic N) is 2. The summed E-state index contributed by atoms with van der Waals surface area (Å²) in [4.78, 5) is 15.8. The number of nitrogens with two attached hydrogens (primary N) is 1. The predicted octanol–water partition coefficient (Wildman–Crippen LogP) is 3.26. The molecule has 1 fully saturated rings. The van der Waals surface area contributed by atoms with Gasteiger partial charge in [0.2, 0.25) is 0 Å². The average molecular weight is 597 g/mol. The number of nitrogens with one attached hydrogen (secondary N) is 1. The van der Waals surface area contributed by atoms with Gasteiger partial charge in [-0.2, -0.15) is 4.98 Å². The number of aromatic nitrogens is 2. The monoisotopic (exact) mass is 596 g/mol. The van der Waals surface area contributed by atoms with Crippen molar-refractivity contribution in [2.45, 2.75) is 43.9 Å². The van der Waals surface area contributed by atoms with Gasteiger partial charge >= 0.3 is 13.4 Å². The first-order chi connectivity index (χ1) is 19.4. The fourth-order valence-corrected chi connectivity index (χ4v) is 5.38. The number of nitrogen functional groups attached to an aromatic ring is 1. The second-order valence-electron chi connectivity index (χ2n) is 9.43. The number of anilines is 1. The van der Waals surface area contributed by atoms with Gasteiger partial charge in [0.25, 0.3) is 5.85 Å². The van der Waals surface area contributed by atoms with Crippen LogP contribution in [-0.2, 0) is 31.5 Å². The van der Waals surface area contributed by atoms with Crippen LogP contribution in [0.15, 0.2) is 65.6 Å². The number of hydrogen-bond donors (Lipinski definition) is 3. The zero-order chi connectivity index (χ0) is 29.8. The first-order valence-corrected chi connectivity index (χ1v) is 13.9. The molecule has 0 aliphatic carbocycles. The molecule has 2 aromatic carbocycles. The van der Waals surface area contributed by atoms with Crippen LogP contribution in [0.1, 0.15) is 24.3 Å². The molecule has 4 N–H and O–H groups in total. The van der Waals surface area contributed by atoms with Crippen molar-refractivity contribution in [1.82, 2.24) is 14.6 Å². The zero-order valence-electron chi connectivity index (χ0n) is 22.5. The van der Waals surface area contributed by atoms with E-state index in [1.54, 1.807) is 48.5 Å². The highest BCUT2D eigenvalue weighted by molar-refractivity contribution is 7.51. The van der Waals surface area contributed by atoms with Gasteiger partial charge in [-0.15, -0.1) is 0 Å². The molecule has 41 heavy (non-hydrogen) atoms. The highest BCUT2D eigenvalue weighted by Crippen LogP contribution is 2.51. The molecule has 1 aromatic heterocycles. The molecule has 1 aliphatic heterocycles. The second-order valence-corrected chi connectivity index (χ2v) is 11.3. The molecule has 1 unspecified atom stereocenters. The molecule has 0 bridgehead atoms. The summed E-state index contributed by atoms with van der Waals surface area (Å²) in [7, 11) is -1.30. The Balaban J connectivity index is 1.53. The molecule has 0 saturated carbocycles. The van der Waals surface area contributed by atoms with E-state index in [0.717, 1.165) is 13.1 Å². The van der Waals surface area contributed by atoms with E-state index in [2.05, 4.69) is 10.1 Å². The van der Waals surface area contributed by atoms with E-state index in [4.69, 9.17) is 29.0 Å². The summed E-state index contributed by atoms with van der Waals surface area (Å²) in [5.74, 6) is -2.17. The van der Waals surface area contributed by atoms with Crippen molar-refractivity contribution in [2.75, 3.05) is 26.6 Å². The first-order valence-electron chi connectivity index (χ1n) is 12.4. The Morgan fingerprint density at radius 3 is 2.20 bits per heavy atom. The minimum atomic E-state index is -4.32. The Labute approximate surface area is 234 Å². The van der Waals surface area contributed by atoms with Crippen molar-refractivity contribution in [2.24, 2.45) is 0 Å². The fourth-order valence-electron chi connectivity index (χ4n) is 4.08. The van der Waals surface area contributed by atoms with Crippen molar-refractivity contribution in [3.8, 4) is 11.5 Å². The third kappa shape index (κ3) is 6.92. The minimum Gasteiger partial charge on any atom is -0.497 e. The van der Waals surface area contributed by atoms with E-state index in [1.165, 1.54) is 20.3 Å². The number of aliphatic hydroxyl groups excluding tert-OH is 1. The van der Waals surface area contributed by atoms with Crippen LogP contribution >= 0.6 is 7.75 Å². The highest BCUT2D eigenvalue weighted by atomic mass is 31.2. The van der Waals surface area contributed by atoms with Crippen molar-refractivity contribution in [3.63, 3.8) is 0 Å². The van der Waals surface area contributed by atoms with Crippen LogP contribution in [0.2, 0.25) is 0 Å². The topological polar surface area (TPSA) is 156 Å². The molecule has 12 nitrogen and oxygen atoms in total. The molecule has 15 heteroatoms. The summed E-state index contributed by atoms with van der Waals surface area (Å²) in [6.45, 7) is -0.594. The highest BCUT2D eigenvalue weighted by Gasteiger charge is 2.65. The first kappa shape index (κ1) is 30.6. The van der Waals surface area contributed by atoms with Crippen LogP contribution in [0.3, 0.4) is 0 Å². The Hall–Kier alpha value is -3.39. The summed E-state index contributed by atoms with van der Waals surface area (Å²) in [6, 6.07) is 14.7. The van der Waals surface area contributed by atoms with E-state index in [0.29, 0.717) is 27.2 Å². The van der Waals surface area contributed by atoms with Crippen LogP contribution in [-0.4, -0.2) is 53.1 Å². The number of ether oxygens (including phenoxy) is 3. The number of hydrogen-bond acceptors (Lipinski definition) is 10. The van der Waals surface area contributed by atoms with Gasteiger partial charge in [-0.1, -0.05) is 24.3 Å². The summed E-state index contributed by atoms with van der Waals surface area (Å²) in [6.07, 6.45) is -3.31. The molecule has 222 valence electrons. The average Bonchev–Trinajstić information content (AvgIpc) is 3.15. The lowest BCUT2D eigenvalue weighted by Crippen LogP contribution is -2.47. The van der Waals surface area contributed by atoms with Crippen molar-refractivity contribution in [3.05, 3.63) is 82.4 Å². The Kier molecular flexibility index (Phi) is 9.12. The maximum atomic E-state index is 15.9. The molecular formula is C26H31F2N4O8P. The number of aliphatic hydroxyl groups is 1. The number of methoxy groups -OCH3 is 2. The Morgan fingerprint density at radius 1 is 1.05 bits per heavy atom. The lowest BCUT2D eigenvalue weighted by molar-refractivity contribution is -0.204. The summed E-state index contributed by atoms with van der Waals surface area (Å²) in [5.41, 5.74) is 2.90. The maximum absolute atomic E-state index is 15.9. The normalized spacial score (nSPS) is 25.5. The maximum Gasteiger partial charge on any atom is 0.406 e. The molecule has 0 amide bonds. The fraction of sp³-hybridized carbons (Fsp3) is 0.385. The lowest BCUT2D eigenvalue weighted by atomic mass is 9.97. The molecule has 2 heterocycles. The van der Waals surface area contributed by atoms with E-state index in [-0.39, 0.29) is 19.0 Å². The van der Waals surface area contributed by atoms with Gasteiger partial charge in [-0.25, -0.2) is 23.2 Å². The summed E-state index contributed by atoms with van der Waals surface area (Å²) >= 11 is 0. The van der Waals surface area contributed by atoms with E-state index in [9.17, 15) is 14.5 Å². The van der Waals surface area contributed by atoms with Gasteiger partial charge in [-0.05, 0) is 48.4 Å². The van der Waals surface area contributed by atoms with Gasteiger partial charge < -0.3 is 25.1 Å². The Morgan fingerprint density at radius 2 is 1.63 bits per heavy atom. The third-order valence-corrected chi connectivity index (χ3v) is 7.95.